The van der Waals surface area contributed by atoms with Crippen LogP contribution in [0.15, 0.2) is 16.7 Å². The van der Waals surface area contributed by atoms with Gasteiger partial charge in [0.15, 0.2) is 0 Å². The highest BCUT2D eigenvalue weighted by molar-refractivity contribution is 9.10. The Kier molecular flexibility index (Phi) is 4.54. The number of amides is 1. The fourth-order valence-electron chi connectivity index (χ4n) is 1.09. The maximum absolute atomic E-state index is 11.6. The standard InChI is InChI=1S/C9H13BrN2OS/c1-6(5-14-2)12-9(13)8-3-7(10)4-11-8/h3-4,6,11H,5H2,1-2H3,(H,12,13). The first-order valence-corrected chi connectivity index (χ1v) is 6.46. The third-order valence-corrected chi connectivity index (χ3v) is 2.98. The Morgan fingerprint density at radius 2 is 2.50 bits per heavy atom. The second-order valence-corrected chi connectivity index (χ2v) is 4.89. The van der Waals surface area contributed by atoms with Crippen molar-refractivity contribution in [3.63, 3.8) is 0 Å². The van der Waals surface area contributed by atoms with E-state index in [9.17, 15) is 4.79 Å². The molecular formula is C9H13BrN2OS. The van der Waals surface area contributed by atoms with Crippen molar-refractivity contribution >= 4 is 33.6 Å². The van der Waals surface area contributed by atoms with Gasteiger partial charge in [0.25, 0.3) is 5.91 Å². The van der Waals surface area contributed by atoms with E-state index in [1.54, 1.807) is 24.0 Å². The number of aromatic amines is 1. The molecule has 2 N–H and O–H groups in total. The molecule has 0 spiro atoms. The molecule has 0 saturated heterocycles. The predicted molar refractivity (Wildman–Crippen MR) is 63.8 cm³/mol. The third-order valence-electron chi connectivity index (χ3n) is 1.69. The van der Waals surface area contributed by atoms with E-state index in [0.29, 0.717) is 5.69 Å². The van der Waals surface area contributed by atoms with Gasteiger partial charge in [-0.05, 0) is 35.2 Å². The SMILES string of the molecule is CSCC(C)NC(=O)c1cc(Br)c[nH]1. The minimum absolute atomic E-state index is 0.0581. The Hall–Kier alpha value is -0.420. The lowest BCUT2D eigenvalue weighted by atomic mass is 10.3. The summed E-state index contributed by atoms with van der Waals surface area (Å²) in [7, 11) is 0. The maximum atomic E-state index is 11.6. The van der Waals surface area contributed by atoms with Crippen LogP contribution >= 0.6 is 27.7 Å². The summed E-state index contributed by atoms with van der Waals surface area (Å²) < 4.78 is 0.889. The van der Waals surface area contributed by atoms with Gasteiger partial charge in [0.2, 0.25) is 0 Å². The van der Waals surface area contributed by atoms with Crippen LogP contribution in [0, 0.1) is 0 Å². The van der Waals surface area contributed by atoms with Crippen LogP contribution in [0.25, 0.3) is 0 Å². The summed E-state index contributed by atoms with van der Waals surface area (Å²) in [4.78, 5) is 14.5. The summed E-state index contributed by atoms with van der Waals surface area (Å²) in [6.45, 7) is 1.99. The Bertz CT molecular complexity index is 314. The van der Waals surface area contributed by atoms with Gasteiger partial charge in [-0.2, -0.15) is 11.8 Å². The van der Waals surface area contributed by atoms with Gasteiger partial charge in [-0.25, -0.2) is 0 Å². The lowest BCUT2D eigenvalue weighted by Crippen LogP contribution is -2.34. The summed E-state index contributed by atoms with van der Waals surface area (Å²) in [6, 6.07) is 1.96. The van der Waals surface area contributed by atoms with Crippen LogP contribution < -0.4 is 5.32 Å². The van der Waals surface area contributed by atoms with Crippen molar-refractivity contribution in [3.05, 3.63) is 22.4 Å². The lowest BCUT2D eigenvalue weighted by molar-refractivity contribution is 0.0939. The van der Waals surface area contributed by atoms with Crippen molar-refractivity contribution in [1.82, 2.24) is 10.3 Å². The van der Waals surface area contributed by atoms with E-state index in [1.807, 2.05) is 13.2 Å². The van der Waals surface area contributed by atoms with Crippen LogP contribution in [0.1, 0.15) is 17.4 Å². The van der Waals surface area contributed by atoms with E-state index >= 15 is 0 Å². The quantitative estimate of drug-likeness (QED) is 0.886. The highest BCUT2D eigenvalue weighted by Crippen LogP contribution is 2.10. The van der Waals surface area contributed by atoms with Gasteiger partial charge in [0.1, 0.15) is 5.69 Å². The highest BCUT2D eigenvalue weighted by Gasteiger charge is 2.10. The molecule has 0 aromatic carbocycles. The fraction of sp³-hybridized carbons (Fsp3) is 0.444. The van der Waals surface area contributed by atoms with Crippen molar-refractivity contribution in [3.8, 4) is 0 Å². The number of hydrogen-bond donors (Lipinski definition) is 2. The van der Waals surface area contributed by atoms with Crippen LogP contribution in [0.4, 0.5) is 0 Å². The molecule has 0 saturated carbocycles. The first-order valence-electron chi connectivity index (χ1n) is 4.27. The van der Waals surface area contributed by atoms with Crippen LogP contribution in [-0.4, -0.2) is 28.9 Å². The number of carbonyl (C=O) groups is 1. The number of nitrogens with one attached hydrogen (secondary N) is 2. The Balaban J connectivity index is 2.50. The number of aromatic nitrogens is 1. The number of halogens is 1. The first kappa shape index (κ1) is 11.7. The summed E-state index contributed by atoms with van der Waals surface area (Å²) >= 11 is 5.00. The second kappa shape index (κ2) is 5.46. The molecule has 1 rings (SSSR count). The van der Waals surface area contributed by atoms with Gasteiger partial charge >= 0.3 is 0 Å². The molecule has 0 aliphatic rings. The average molecular weight is 277 g/mol. The topological polar surface area (TPSA) is 44.9 Å². The molecule has 1 unspecified atom stereocenters. The molecule has 14 heavy (non-hydrogen) atoms. The minimum Gasteiger partial charge on any atom is -0.356 e. The van der Waals surface area contributed by atoms with Crippen LogP contribution in [-0.2, 0) is 0 Å². The molecule has 0 radical (unpaired) electrons. The van der Waals surface area contributed by atoms with Gasteiger partial charge in [-0.1, -0.05) is 0 Å². The molecule has 0 aliphatic carbocycles. The summed E-state index contributed by atoms with van der Waals surface area (Å²) in [5.41, 5.74) is 0.588. The zero-order valence-electron chi connectivity index (χ0n) is 8.13. The number of H-pyrrole nitrogens is 1. The van der Waals surface area contributed by atoms with E-state index in [2.05, 4.69) is 26.2 Å². The number of hydrogen-bond acceptors (Lipinski definition) is 2. The van der Waals surface area contributed by atoms with E-state index in [-0.39, 0.29) is 11.9 Å². The molecule has 1 amide bonds. The van der Waals surface area contributed by atoms with Gasteiger partial charge < -0.3 is 10.3 Å². The fourth-order valence-corrected chi connectivity index (χ4v) is 2.02. The molecule has 0 fully saturated rings. The van der Waals surface area contributed by atoms with E-state index in [1.165, 1.54) is 0 Å². The predicted octanol–water partition coefficient (Wildman–Crippen LogP) is 2.26. The largest absolute Gasteiger partial charge is 0.356 e. The monoisotopic (exact) mass is 276 g/mol. The molecule has 1 heterocycles. The van der Waals surface area contributed by atoms with Gasteiger partial charge in [-0.3, -0.25) is 4.79 Å². The molecule has 0 bridgehead atoms. The Morgan fingerprint density at radius 1 is 1.79 bits per heavy atom. The van der Waals surface area contributed by atoms with Crippen molar-refractivity contribution in [1.29, 1.82) is 0 Å². The van der Waals surface area contributed by atoms with Crippen molar-refractivity contribution < 1.29 is 4.79 Å². The van der Waals surface area contributed by atoms with Crippen molar-refractivity contribution in [2.24, 2.45) is 0 Å². The minimum atomic E-state index is -0.0581. The Labute approximate surface area is 96.2 Å². The number of carbonyl (C=O) groups excluding carboxylic acids is 1. The van der Waals surface area contributed by atoms with E-state index < -0.39 is 0 Å². The molecule has 3 nitrogen and oxygen atoms in total. The van der Waals surface area contributed by atoms with E-state index in [0.717, 1.165) is 10.2 Å². The van der Waals surface area contributed by atoms with Gasteiger partial charge in [0.05, 0.1) is 0 Å². The van der Waals surface area contributed by atoms with Crippen LogP contribution in [0.5, 0.6) is 0 Å². The van der Waals surface area contributed by atoms with Crippen molar-refractivity contribution in [2.45, 2.75) is 13.0 Å². The van der Waals surface area contributed by atoms with Crippen LogP contribution in [0.3, 0.4) is 0 Å². The lowest BCUT2D eigenvalue weighted by Gasteiger charge is -2.11. The molecule has 1 atom stereocenters. The Morgan fingerprint density at radius 3 is 3.00 bits per heavy atom. The summed E-state index contributed by atoms with van der Waals surface area (Å²) in [6.07, 6.45) is 3.77. The second-order valence-electron chi connectivity index (χ2n) is 3.06. The van der Waals surface area contributed by atoms with Crippen LogP contribution in [0.2, 0.25) is 0 Å². The summed E-state index contributed by atoms with van der Waals surface area (Å²) in [5, 5.41) is 2.90. The molecule has 78 valence electrons. The number of thioether (sulfide) groups is 1. The zero-order chi connectivity index (χ0) is 10.6. The average Bonchev–Trinajstić information content (AvgIpc) is 2.52. The third kappa shape index (κ3) is 3.38. The molecule has 1 aromatic rings. The maximum Gasteiger partial charge on any atom is 0.267 e. The number of rotatable bonds is 4. The molecule has 1 aromatic heterocycles. The van der Waals surface area contributed by atoms with Crippen molar-refractivity contribution in [2.75, 3.05) is 12.0 Å². The molecule has 5 heteroatoms. The molecular weight excluding hydrogens is 264 g/mol. The highest BCUT2D eigenvalue weighted by atomic mass is 79.9. The normalized spacial score (nSPS) is 12.5. The molecule has 0 aliphatic heterocycles. The summed E-state index contributed by atoms with van der Waals surface area (Å²) in [5.74, 6) is 0.866. The van der Waals surface area contributed by atoms with Gasteiger partial charge in [-0.15, -0.1) is 0 Å². The van der Waals surface area contributed by atoms with E-state index in [4.69, 9.17) is 0 Å². The van der Waals surface area contributed by atoms with Gasteiger partial charge in [0, 0.05) is 22.5 Å². The zero-order valence-corrected chi connectivity index (χ0v) is 10.5. The first-order chi connectivity index (χ1) is 6.63. The smallest absolute Gasteiger partial charge is 0.267 e.